The van der Waals surface area contributed by atoms with Gasteiger partial charge in [-0.1, -0.05) is 32.0 Å². The topological polar surface area (TPSA) is 74.6 Å². The number of benzene rings is 2. The Morgan fingerprint density at radius 2 is 1.91 bits per heavy atom. The predicted octanol–water partition coefficient (Wildman–Crippen LogP) is 4.54. The number of ether oxygens (including phenoxy) is 2. The number of fused-ring (bicyclic) bond motifs is 1. The Morgan fingerprint density at radius 1 is 1.21 bits per heavy atom. The Balaban J connectivity index is 1.68. The van der Waals surface area contributed by atoms with E-state index in [1.807, 2.05) is 32.0 Å². The van der Waals surface area contributed by atoms with Crippen molar-refractivity contribution in [3.05, 3.63) is 47.5 Å². The number of anilines is 1. The van der Waals surface area contributed by atoms with Crippen molar-refractivity contribution in [2.24, 2.45) is 5.92 Å². The van der Waals surface area contributed by atoms with Gasteiger partial charge in [-0.05, 0) is 66.8 Å². The molecule has 2 aromatic rings. The van der Waals surface area contributed by atoms with Gasteiger partial charge < -0.3 is 19.7 Å². The van der Waals surface area contributed by atoms with Gasteiger partial charge in [0.25, 0.3) is 5.91 Å². The highest BCUT2D eigenvalue weighted by Crippen LogP contribution is 2.25. The molecule has 1 N–H and O–H groups in total. The smallest absolute Gasteiger partial charge is 0.262 e. The van der Waals surface area contributed by atoms with Crippen LogP contribution < -0.4 is 10.2 Å². The van der Waals surface area contributed by atoms with Crippen LogP contribution in [0.4, 0.5) is 5.69 Å². The fraction of sp³-hybridized carbons (Fsp3) is 0.481. The summed E-state index contributed by atoms with van der Waals surface area (Å²) in [5, 5.41) is 14.8. The average molecular weight is 450 g/mol. The summed E-state index contributed by atoms with van der Waals surface area (Å²) < 4.78 is 11.1. The van der Waals surface area contributed by atoms with Gasteiger partial charge in [-0.2, -0.15) is 5.26 Å². The Hall–Kier alpha value is -2.88. The largest absolute Gasteiger partial charge is 0.381 e. The average Bonchev–Trinajstić information content (AvgIpc) is 2.80. The first-order chi connectivity index (χ1) is 15.8. The van der Waals surface area contributed by atoms with Gasteiger partial charge in [-0.25, -0.2) is 0 Å². The molecule has 0 aromatic heterocycles. The molecule has 6 heteroatoms. The molecule has 3 rings (SSSR count). The third-order valence-corrected chi connectivity index (χ3v) is 5.67. The van der Waals surface area contributed by atoms with E-state index in [0.29, 0.717) is 25.6 Å². The maximum absolute atomic E-state index is 12.8. The molecule has 0 unspecified atom stereocenters. The lowest BCUT2D eigenvalue weighted by Crippen LogP contribution is -2.44. The highest BCUT2D eigenvalue weighted by Gasteiger charge is 2.22. The first-order valence-electron chi connectivity index (χ1n) is 11.7. The Morgan fingerprint density at radius 3 is 2.61 bits per heavy atom. The fourth-order valence-electron chi connectivity index (χ4n) is 3.76. The molecule has 0 bridgehead atoms. The summed E-state index contributed by atoms with van der Waals surface area (Å²) in [6.07, 6.45) is 2.32. The molecule has 0 spiro atoms. The van der Waals surface area contributed by atoms with Crippen LogP contribution in [0.2, 0.25) is 0 Å². The quantitative estimate of drug-likeness (QED) is 0.346. The minimum Gasteiger partial charge on any atom is -0.381 e. The number of hydrogen-bond acceptors (Lipinski definition) is 5. The molecule has 2 aromatic carbocycles. The fourth-order valence-corrected chi connectivity index (χ4v) is 3.76. The zero-order valence-electron chi connectivity index (χ0n) is 20.2. The van der Waals surface area contributed by atoms with Gasteiger partial charge in [0.2, 0.25) is 0 Å². The monoisotopic (exact) mass is 449 g/mol. The molecule has 1 fully saturated rings. The molecule has 0 aliphatic carbocycles. The first kappa shape index (κ1) is 24.8. The Bertz CT molecular complexity index is 1030. The van der Waals surface area contributed by atoms with E-state index in [2.05, 4.69) is 48.3 Å². The normalized spacial score (nSPS) is 15.0. The lowest BCUT2D eigenvalue weighted by atomic mass is 10.00. The third-order valence-electron chi connectivity index (χ3n) is 5.67. The second-order valence-electron chi connectivity index (χ2n) is 9.62. The zero-order valence-corrected chi connectivity index (χ0v) is 20.2. The van der Waals surface area contributed by atoms with Crippen molar-refractivity contribution in [1.29, 1.82) is 5.26 Å². The third kappa shape index (κ3) is 7.31. The van der Waals surface area contributed by atoms with E-state index in [1.54, 1.807) is 6.08 Å². The lowest BCUT2D eigenvalue weighted by Gasteiger charge is -2.29. The number of carbonyl (C=O) groups excluding carboxylic acids is 1. The SMILES string of the molecule is CC(C)COCCC(C)(C)NC(=O)C(C#N)=Cc1ccc2cc(N3CCOCC3)ccc2c1. The molecule has 176 valence electrons. The predicted molar refractivity (Wildman–Crippen MR) is 133 cm³/mol. The van der Waals surface area contributed by atoms with Crippen molar-refractivity contribution in [3.8, 4) is 6.07 Å². The number of amides is 1. The van der Waals surface area contributed by atoms with Crippen LogP contribution in [0.5, 0.6) is 0 Å². The van der Waals surface area contributed by atoms with Gasteiger partial charge in [0, 0.05) is 37.5 Å². The molecule has 0 radical (unpaired) electrons. The second-order valence-corrected chi connectivity index (χ2v) is 9.62. The van der Waals surface area contributed by atoms with Gasteiger partial charge in [-0.15, -0.1) is 0 Å². The van der Waals surface area contributed by atoms with E-state index in [1.165, 1.54) is 5.69 Å². The molecule has 1 aliphatic heterocycles. The van der Waals surface area contributed by atoms with E-state index < -0.39 is 5.54 Å². The number of nitriles is 1. The number of morpholine rings is 1. The highest BCUT2D eigenvalue weighted by atomic mass is 16.5. The van der Waals surface area contributed by atoms with Crippen LogP contribution >= 0.6 is 0 Å². The zero-order chi connectivity index (χ0) is 23.8. The van der Waals surface area contributed by atoms with Crippen LogP contribution in [-0.4, -0.2) is 51.0 Å². The maximum Gasteiger partial charge on any atom is 0.262 e. The van der Waals surface area contributed by atoms with Crippen molar-refractivity contribution in [2.45, 2.75) is 39.7 Å². The summed E-state index contributed by atoms with van der Waals surface area (Å²) in [4.78, 5) is 15.1. The van der Waals surface area contributed by atoms with Gasteiger partial charge in [-0.3, -0.25) is 4.79 Å². The highest BCUT2D eigenvalue weighted by molar-refractivity contribution is 6.02. The van der Waals surface area contributed by atoms with Crippen LogP contribution in [0.1, 0.15) is 39.7 Å². The van der Waals surface area contributed by atoms with Gasteiger partial charge in [0.05, 0.1) is 13.2 Å². The summed E-state index contributed by atoms with van der Waals surface area (Å²) in [6.45, 7) is 12.7. The molecule has 0 atom stereocenters. The van der Waals surface area contributed by atoms with Crippen LogP contribution in [0, 0.1) is 17.2 Å². The number of nitrogens with one attached hydrogen (secondary N) is 1. The number of hydrogen-bond donors (Lipinski definition) is 1. The summed E-state index contributed by atoms with van der Waals surface area (Å²) in [6, 6.07) is 14.4. The van der Waals surface area contributed by atoms with Gasteiger partial charge in [0.1, 0.15) is 11.6 Å². The van der Waals surface area contributed by atoms with E-state index in [0.717, 1.165) is 42.6 Å². The lowest BCUT2D eigenvalue weighted by molar-refractivity contribution is -0.118. The van der Waals surface area contributed by atoms with Crippen molar-refractivity contribution < 1.29 is 14.3 Å². The molecule has 0 saturated carbocycles. The number of carbonyl (C=O) groups is 1. The van der Waals surface area contributed by atoms with Crippen LogP contribution in [-0.2, 0) is 14.3 Å². The van der Waals surface area contributed by atoms with Gasteiger partial charge in [0.15, 0.2) is 0 Å². The molecule has 1 saturated heterocycles. The molecular weight excluding hydrogens is 414 g/mol. The minimum absolute atomic E-state index is 0.0930. The molecule has 33 heavy (non-hydrogen) atoms. The Labute approximate surface area is 197 Å². The van der Waals surface area contributed by atoms with E-state index >= 15 is 0 Å². The maximum atomic E-state index is 12.8. The molecule has 1 heterocycles. The van der Waals surface area contributed by atoms with Crippen molar-refractivity contribution in [1.82, 2.24) is 5.32 Å². The van der Waals surface area contributed by atoms with Crippen molar-refractivity contribution >= 4 is 28.4 Å². The standard InChI is InChI=1S/C27H35N3O3/c1-20(2)19-33-12-9-27(3,4)29-26(31)24(18-28)16-21-5-6-23-17-25(8-7-22(23)15-21)30-10-13-32-14-11-30/h5-8,15-17,20H,9-14,19H2,1-4H3,(H,29,31). The summed E-state index contributed by atoms with van der Waals surface area (Å²) in [5.41, 5.74) is 1.64. The van der Waals surface area contributed by atoms with Crippen LogP contribution in [0.25, 0.3) is 16.8 Å². The van der Waals surface area contributed by atoms with Crippen LogP contribution in [0.15, 0.2) is 42.0 Å². The van der Waals surface area contributed by atoms with Crippen molar-refractivity contribution in [3.63, 3.8) is 0 Å². The molecule has 1 aliphatic rings. The molecule has 6 nitrogen and oxygen atoms in total. The summed E-state index contributed by atoms with van der Waals surface area (Å²) >= 11 is 0. The number of nitrogens with zero attached hydrogens (tertiary/aromatic N) is 2. The molecule has 1 amide bonds. The first-order valence-corrected chi connectivity index (χ1v) is 11.7. The van der Waals surface area contributed by atoms with Crippen molar-refractivity contribution in [2.75, 3.05) is 44.4 Å². The van der Waals surface area contributed by atoms with E-state index in [-0.39, 0.29) is 11.5 Å². The van der Waals surface area contributed by atoms with E-state index in [4.69, 9.17) is 9.47 Å². The summed E-state index contributed by atoms with van der Waals surface area (Å²) in [5.74, 6) is 0.109. The molecular formula is C27H35N3O3. The Kier molecular flexibility index (Phi) is 8.49. The summed E-state index contributed by atoms with van der Waals surface area (Å²) in [7, 11) is 0. The van der Waals surface area contributed by atoms with E-state index in [9.17, 15) is 10.1 Å². The number of rotatable bonds is 9. The second kappa shape index (κ2) is 11.3. The minimum atomic E-state index is -0.469. The van der Waals surface area contributed by atoms with Gasteiger partial charge >= 0.3 is 0 Å². The van der Waals surface area contributed by atoms with Crippen LogP contribution in [0.3, 0.4) is 0 Å².